The molecule has 0 aliphatic rings. The molecule has 0 aliphatic heterocycles. The molecule has 0 unspecified atom stereocenters. The Morgan fingerprint density at radius 2 is 1.76 bits per heavy atom. The zero-order valence-corrected chi connectivity index (χ0v) is 19.7. The average molecular weight is 466 g/mol. The molecule has 0 bridgehead atoms. The Morgan fingerprint density at radius 1 is 1.03 bits per heavy atom. The second-order valence-electron chi connectivity index (χ2n) is 7.64. The number of rotatable bonds is 13. The quantitative estimate of drug-likeness (QED) is 0.242. The molecule has 0 radical (unpaired) electrons. The molecule has 6 heteroatoms. The van der Waals surface area contributed by atoms with E-state index in [1.807, 2.05) is 49.4 Å². The van der Waals surface area contributed by atoms with Crippen molar-refractivity contribution in [3.8, 4) is 11.1 Å². The van der Waals surface area contributed by atoms with Crippen LogP contribution < -0.4 is 5.32 Å². The number of hydrogen-bond acceptors (Lipinski definition) is 5. The summed E-state index contributed by atoms with van der Waals surface area (Å²) in [5.74, 6) is -0.205. The number of carboxylic acids is 1. The summed E-state index contributed by atoms with van der Waals surface area (Å²) in [6.45, 7) is 4.48. The minimum Gasteiger partial charge on any atom is -0.478 e. The van der Waals surface area contributed by atoms with E-state index in [1.54, 1.807) is 6.07 Å². The van der Waals surface area contributed by atoms with Gasteiger partial charge in [0, 0.05) is 23.8 Å². The van der Waals surface area contributed by atoms with Gasteiger partial charge in [-0.1, -0.05) is 60.7 Å². The molecular formula is C27H31NO4S. The van der Waals surface area contributed by atoms with Gasteiger partial charge in [0.15, 0.2) is 0 Å². The number of aromatic carboxylic acids is 1. The van der Waals surface area contributed by atoms with Crippen molar-refractivity contribution >= 4 is 17.7 Å². The number of nitrogens with one attached hydrogen (secondary N) is 1. The number of thioether (sulfide) groups is 1. The standard InChI is InChI=1S/C27H31NO4S/c1-2-32-16-17-33-26-18-23(12-13-24(26)27(30)31)21-10-8-20(9-11-21)14-15-28-19-25(29)22-6-4-3-5-7-22/h3-13,18,25,28-29H,2,14-17,19H2,1H3,(H,30,31)/t25-/m1/s1. The third-order valence-electron chi connectivity index (χ3n) is 5.30. The van der Waals surface area contributed by atoms with Gasteiger partial charge < -0.3 is 20.3 Å². The molecule has 174 valence electrons. The lowest BCUT2D eigenvalue weighted by atomic mass is 10.0. The molecule has 0 saturated carbocycles. The summed E-state index contributed by atoms with van der Waals surface area (Å²) in [7, 11) is 0. The van der Waals surface area contributed by atoms with Crippen molar-refractivity contribution in [2.75, 3.05) is 32.1 Å². The number of aliphatic hydroxyl groups is 1. The van der Waals surface area contributed by atoms with Gasteiger partial charge in [0.25, 0.3) is 0 Å². The summed E-state index contributed by atoms with van der Waals surface area (Å²) in [6.07, 6.45) is 0.348. The summed E-state index contributed by atoms with van der Waals surface area (Å²) < 4.78 is 5.37. The molecular weight excluding hydrogens is 434 g/mol. The SMILES string of the molecule is CCOCCSc1cc(-c2ccc(CCNC[C@@H](O)c3ccccc3)cc2)ccc1C(=O)O. The van der Waals surface area contributed by atoms with Gasteiger partial charge in [-0.25, -0.2) is 4.79 Å². The van der Waals surface area contributed by atoms with Crippen LogP contribution >= 0.6 is 11.8 Å². The van der Waals surface area contributed by atoms with Crippen molar-refractivity contribution in [2.24, 2.45) is 0 Å². The molecule has 0 fully saturated rings. The Bertz CT molecular complexity index is 1010. The number of ether oxygens (including phenoxy) is 1. The fourth-order valence-electron chi connectivity index (χ4n) is 3.48. The number of carbonyl (C=O) groups is 1. The third-order valence-corrected chi connectivity index (χ3v) is 6.32. The molecule has 33 heavy (non-hydrogen) atoms. The lowest BCUT2D eigenvalue weighted by molar-refractivity contribution is 0.0693. The summed E-state index contributed by atoms with van der Waals surface area (Å²) in [4.78, 5) is 12.3. The van der Waals surface area contributed by atoms with Gasteiger partial charge in [0.2, 0.25) is 0 Å². The maximum absolute atomic E-state index is 11.6. The Morgan fingerprint density at radius 3 is 2.45 bits per heavy atom. The highest BCUT2D eigenvalue weighted by molar-refractivity contribution is 7.99. The number of carboxylic acid groups (broad SMARTS) is 1. The van der Waals surface area contributed by atoms with E-state index >= 15 is 0 Å². The largest absolute Gasteiger partial charge is 0.478 e. The molecule has 0 aliphatic carbocycles. The molecule has 0 heterocycles. The van der Waals surface area contributed by atoms with Gasteiger partial charge in [-0.2, -0.15) is 0 Å². The molecule has 0 spiro atoms. The number of hydrogen-bond donors (Lipinski definition) is 3. The Hall–Kier alpha value is -2.64. The second-order valence-corrected chi connectivity index (χ2v) is 8.78. The zero-order chi connectivity index (χ0) is 23.5. The van der Waals surface area contributed by atoms with E-state index in [-0.39, 0.29) is 0 Å². The highest BCUT2D eigenvalue weighted by Crippen LogP contribution is 2.29. The Labute approximate surface area is 199 Å². The lowest BCUT2D eigenvalue weighted by Gasteiger charge is -2.12. The van der Waals surface area contributed by atoms with E-state index in [4.69, 9.17) is 4.74 Å². The van der Waals surface area contributed by atoms with Crippen molar-refractivity contribution in [3.63, 3.8) is 0 Å². The predicted octanol–water partition coefficient (Wildman–Crippen LogP) is 5.05. The first kappa shape index (κ1) is 25.0. The number of aliphatic hydroxyl groups excluding tert-OH is 1. The fourth-order valence-corrected chi connectivity index (χ4v) is 4.42. The molecule has 3 N–H and O–H groups in total. The van der Waals surface area contributed by atoms with Gasteiger partial charge in [0.05, 0.1) is 18.3 Å². The second kappa shape index (κ2) is 13.2. The van der Waals surface area contributed by atoms with E-state index < -0.39 is 12.1 Å². The third kappa shape index (κ3) is 7.72. The van der Waals surface area contributed by atoms with Gasteiger partial charge in [-0.3, -0.25) is 0 Å². The van der Waals surface area contributed by atoms with Crippen LogP contribution in [0.2, 0.25) is 0 Å². The molecule has 3 aromatic carbocycles. The maximum atomic E-state index is 11.6. The fraction of sp³-hybridized carbons (Fsp3) is 0.296. The minimum absolute atomic E-state index is 0.320. The maximum Gasteiger partial charge on any atom is 0.336 e. The van der Waals surface area contributed by atoms with E-state index in [9.17, 15) is 15.0 Å². The summed E-state index contributed by atoms with van der Waals surface area (Å²) in [5, 5.41) is 23.0. The van der Waals surface area contributed by atoms with Crippen molar-refractivity contribution in [1.82, 2.24) is 5.32 Å². The van der Waals surface area contributed by atoms with Crippen LogP contribution in [0.25, 0.3) is 11.1 Å². The first-order valence-electron chi connectivity index (χ1n) is 11.2. The highest BCUT2D eigenvalue weighted by atomic mass is 32.2. The molecule has 0 aromatic heterocycles. The molecule has 5 nitrogen and oxygen atoms in total. The zero-order valence-electron chi connectivity index (χ0n) is 18.9. The molecule has 3 rings (SSSR count). The van der Waals surface area contributed by atoms with Crippen LogP contribution in [0.4, 0.5) is 0 Å². The van der Waals surface area contributed by atoms with Gasteiger partial charge in [-0.15, -0.1) is 11.8 Å². The van der Waals surface area contributed by atoms with E-state index in [1.165, 1.54) is 17.3 Å². The minimum atomic E-state index is -0.916. The van der Waals surface area contributed by atoms with Gasteiger partial charge in [0.1, 0.15) is 0 Å². The Balaban J connectivity index is 1.55. The summed E-state index contributed by atoms with van der Waals surface area (Å²) in [6, 6.07) is 23.5. The molecule has 3 aromatic rings. The van der Waals surface area contributed by atoms with Crippen LogP contribution in [-0.4, -0.2) is 48.2 Å². The normalized spacial score (nSPS) is 11.9. The first-order chi connectivity index (χ1) is 16.1. The van der Waals surface area contributed by atoms with Crippen LogP contribution in [0.3, 0.4) is 0 Å². The van der Waals surface area contributed by atoms with Crippen LogP contribution in [0.1, 0.15) is 34.5 Å². The molecule has 0 saturated heterocycles. The molecule has 1 atom stereocenters. The Kier molecular flexibility index (Phi) is 9.97. The topological polar surface area (TPSA) is 78.8 Å². The smallest absolute Gasteiger partial charge is 0.336 e. The summed E-state index contributed by atoms with van der Waals surface area (Å²) >= 11 is 1.51. The van der Waals surface area contributed by atoms with Crippen LogP contribution in [0.5, 0.6) is 0 Å². The van der Waals surface area contributed by atoms with Crippen molar-refractivity contribution in [2.45, 2.75) is 24.3 Å². The van der Waals surface area contributed by atoms with Crippen molar-refractivity contribution < 1.29 is 19.7 Å². The van der Waals surface area contributed by atoms with Gasteiger partial charge in [-0.05, 0) is 54.3 Å². The molecule has 0 amide bonds. The van der Waals surface area contributed by atoms with Crippen LogP contribution in [0.15, 0.2) is 77.7 Å². The van der Waals surface area contributed by atoms with Crippen LogP contribution in [0, 0.1) is 0 Å². The van der Waals surface area contributed by atoms with E-state index in [0.29, 0.717) is 31.1 Å². The predicted molar refractivity (Wildman–Crippen MR) is 134 cm³/mol. The van der Waals surface area contributed by atoms with E-state index in [2.05, 4.69) is 29.6 Å². The highest BCUT2D eigenvalue weighted by Gasteiger charge is 2.12. The van der Waals surface area contributed by atoms with Crippen LogP contribution in [-0.2, 0) is 11.2 Å². The summed E-state index contributed by atoms with van der Waals surface area (Å²) in [5.41, 5.74) is 4.48. The van der Waals surface area contributed by atoms with Crippen molar-refractivity contribution in [3.05, 3.63) is 89.5 Å². The number of benzene rings is 3. The van der Waals surface area contributed by atoms with Crippen molar-refractivity contribution in [1.29, 1.82) is 0 Å². The lowest BCUT2D eigenvalue weighted by Crippen LogP contribution is -2.23. The first-order valence-corrected chi connectivity index (χ1v) is 12.2. The monoisotopic (exact) mass is 465 g/mol. The van der Waals surface area contributed by atoms with E-state index in [0.717, 1.165) is 34.6 Å². The average Bonchev–Trinajstić information content (AvgIpc) is 2.85. The van der Waals surface area contributed by atoms with Gasteiger partial charge >= 0.3 is 5.97 Å².